The van der Waals surface area contributed by atoms with Crippen LogP contribution in [-0.4, -0.2) is 79.6 Å². The lowest BCUT2D eigenvalue weighted by atomic mass is 10.2. The van der Waals surface area contributed by atoms with Gasteiger partial charge in [0.1, 0.15) is 23.7 Å². The zero-order chi connectivity index (χ0) is 23.9. The first kappa shape index (κ1) is 21.6. The number of hydrogen-bond acceptors (Lipinski definition) is 11. The minimum atomic E-state index is -4.14. The van der Waals surface area contributed by atoms with Gasteiger partial charge in [0.2, 0.25) is 10.0 Å². The summed E-state index contributed by atoms with van der Waals surface area (Å²) in [5, 5.41) is 13.4. The van der Waals surface area contributed by atoms with Gasteiger partial charge in [-0.15, -0.1) is 0 Å². The van der Waals surface area contributed by atoms with Gasteiger partial charge in [-0.1, -0.05) is 5.16 Å². The van der Waals surface area contributed by atoms with Gasteiger partial charge in [0.25, 0.3) is 0 Å². The maximum Gasteiger partial charge on any atom is 0.439 e. The van der Waals surface area contributed by atoms with Gasteiger partial charge in [-0.25, -0.2) is 33.1 Å². The van der Waals surface area contributed by atoms with E-state index < -0.39 is 27.8 Å². The quantitative estimate of drug-likeness (QED) is 0.378. The van der Waals surface area contributed by atoms with E-state index in [0.717, 1.165) is 4.31 Å². The molecule has 0 radical (unpaired) electrons. The molecule has 174 valence electrons. The molecule has 14 nitrogen and oxygen atoms in total. The van der Waals surface area contributed by atoms with Gasteiger partial charge in [-0.05, 0) is 24.3 Å². The van der Waals surface area contributed by atoms with Crippen molar-refractivity contribution in [1.82, 2.24) is 34.4 Å². The van der Waals surface area contributed by atoms with Crippen LogP contribution in [0.1, 0.15) is 0 Å². The summed E-state index contributed by atoms with van der Waals surface area (Å²) in [5.41, 5.74) is 1.27. The summed E-state index contributed by atoms with van der Waals surface area (Å²) in [4.78, 5) is 43.6. The number of aliphatic carboxylic acids is 1. The van der Waals surface area contributed by atoms with E-state index in [-0.39, 0.29) is 30.4 Å². The van der Waals surface area contributed by atoms with E-state index in [1.165, 1.54) is 43.0 Å². The summed E-state index contributed by atoms with van der Waals surface area (Å²) in [5.74, 6) is -1.49. The number of anilines is 1. The monoisotopic (exact) mass is 484 g/mol. The molecule has 15 heteroatoms. The highest BCUT2D eigenvalue weighted by atomic mass is 32.2. The number of piperazine rings is 1. The number of sulfonamides is 1. The van der Waals surface area contributed by atoms with Crippen molar-refractivity contribution < 1.29 is 22.8 Å². The van der Waals surface area contributed by atoms with Crippen molar-refractivity contribution in [3.05, 3.63) is 53.5 Å². The van der Waals surface area contributed by atoms with Crippen LogP contribution in [-0.2, 0) is 14.8 Å². The van der Waals surface area contributed by atoms with Gasteiger partial charge in [0, 0.05) is 25.2 Å². The lowest BCUT2D eigenvalue weighted by Gasteiger charge is -2.38. The predicted octanol–water partition coefficient (Wildman–Crippen LogP) is -0.273. The number of H-pyrrole nitrogens is 1. The molecule has 4 heterocycles. The number of nitrogens with zero attached hydrogens (tertiary/aromatic N) is 7. The van der Waals surface area contributed by atoms with E-state index >= 15 is 0 Å². The molecule has 1 aliphatic heterocycles. The van der Waals surface area contributed by atoms with Crippen LogP contribution in [0.25, 0.3) is 22.6 Å². The Bertz CT molecular complexity index is 1530. The highest BCUT2D eigenvalue weighted by molar-refractivity contribution is 7.89. The molecule has 34 heavy (non-hydrogen) atoms. The standard InChI is InChI=1S/C19H16N8O6S/c28-18(29)14-9-26(15-8-21-13-7-20-10-22-17(13)23-15)5-6-27(14)34(31,32)12-3-1-11(2-4-12)16-24-19(30)33-25-16/h1-4,7-8,10,14H,5-6,9H2,(H,28,29)(H,24,25,30)/t14-/m1/s1. The number of benzene rings is 1. The van der Waals surface area contributed by atoms with Crippen LogP contribution in [0.4, 0.5) is 5.82 Å². The summed E-state index contributed by atoms with van der Waals surface area (Å²) in [6.45, 7) is -0.00815. The third-order valence-electron chi connectivity index (χ3n) is 5.33. The fraction of sp³-hybridized carbons (Fsp3) is 0.211. The normalized spacial score (nSPS) is 17.2. The molecule has 0 saturated carbocycles. The fourth-order valence-electron chi connectivity index (χ4n) is 3.65. The van der Waals surface area contributed by atoms with Crippen molar-refractivity contribution >= 4 is 33.0 Å². The van der Waals surface area contributed by atoms with Gasteiger partial charge in [0.15, 0.2) is 11.5 Å². The number of aromatic nitrogens is 6. The average Bonchev–Trinajstić information content (AvgIpc) is 3.29. The number of carboxylic acids is 1. The maximum atomic E-state index is 13.3. The summed E-state index contributed by atoms with van der Waals surface area (Å²) in [6.07, 6.45) is 4.31. The Labute approximate surface area is 191 Å². The number of hydrogen-bond donors (Lipinski definition) is 2. The summed E-state index contributed by atoms with van der Waals surface area (Å²) in [6, 6.07) is 4.17. The molecule has 3 aromatic heterocycles. The van der Waals surface area contributed by atoms with Crippen LogP contribution in [0.5, 0.6) is 0 Å². The molecule has 2 N–H and O–H groups in total. The Hall–Kier alpha value is -4.24. The van der Waals surface area contributed by atoms with Crippen LogP contribution in [0.2, 0.25) is 0 Å². The first-order chi connectivity index (χ1) is 16.3. The third-order valence-corrected chi connectivity index (χ3v) is 7.25. The number of nitrogens with one attached hydrogen (secondary N) is 1. The zero-order valence-corrected chi connectivity index (χ0v) is 18.1. The zero-order valence-electron chi connectivity index (χ0n) is 17.3. The number of rotatable bonds is 5. The lowest BCUT2D eigenvalue weighted by Crippen LogP contribution is -2.58. The van der Waals surface area contributed by atoms with Crippen LogP contribution in [0, 0.1) is 0 Å². The molecule has 0 aliphatic carbocycles. The highest BCUT2D eigenvalue weighted by Crippen LogP contribution is 2.26. The van der Waals surface area contributed by atoms with Gasteiger partial charge in [-0.3, -0.25) is 14.3 Å². The van der Waals surface area contributed by atoms with Crippen molar-refractivity contribution in [1.29, 1.82) is 0 Å². The van der Waals surface area contributed by atoms with Gasteiger partial charge in [0.05, 0.1) is 17.3 Å². The van der Waals surface area contributed by atoms with Crippen LogP contribution in [0.15, 0.2) is 57.2 Å². The topological polar surface area (TPSA) is 188 Å². The minimum absolute atomic E-state index is 0.0822. The first-order valence-corrected chi connectivity index (χ1v) is 11.4. The van der Waals surface area contributed by atoms with Gasteiger partial charge >= 0.3 is 11.7 Å². The SMILES string of the molecule is O=C(O)[C@H]1CN(c2cnc3cncnc3n2)CCN1S(=O)(=O)c1ccc(-c2noc(=O)[nH]2)cc1. The number of fused-ring (bicyclic) bond motifs is 1. The molecule has 1 fully saturated rings. The number of carboxylic acid groups (broad SMARTS) is 1. The Morgan fingerprint density at radius 2 is 1.94 bits per heavy atom. The van der Waals surface area contributed by atoms with Gasteiger partial charge in [-0.2, -0.15) is 4.31 Å². The van der Waals surface area contributed by atoms with Gasteiger partial charge < -0.3 is 10.0 Å². The Morgan fingerprint density at radius 1 is 1.15 bits per heavy atom. The van der Waals surface area contributed by atoms with E-state index in [9.17, 15) is 23.1 Å². The largest absolute Gasteiger partial charge is 0.480 e. The first-order valence-electron chi connectivity index (χ1n) is 9.92. The number of carbonyl (C=O) groups is 1. The molecular formula is C19H16N8O6S. The molecule has 5 rings (SSSR count). The number of aromatic amines is 1. The van der Waals surface area contributed by atoms with E-state index in [2.05, 4.69) is 34.6 Å². The van der Waals surface area contributed by atoms with Crippen molar-refractivity contribution in [2.24, 2.45) is 0 Å². The Morgan fingerprint density at radius 3 is 2.65 bits per heavy atom. The molecule has 0 bridgehead atoms. The van der Waals surface area contributed by atoms with Crippen LogP contribution < -0.4 is 10.7 Å². The minimum Gasteiger partial charge on any atom is -0.480 e. The Balaban J connectivity index is 1.40. The summed E-state index contributed by atoms with van der Waals surface area (Å²) >= 11 is 0. The molecule has 0 amide bonds. The Kier molecular flexibility index (Phi) is 5.25. The molecule has 4 aromatic rings. The van der Waals surface area contributed by atoms with Crippen molar-refractivity contribution in [3.63, 3.8) is 0 Å². The van der Waals surface area contributed by atoms with E-state index in [1.54, 1.807) is 4.90 Å². The molecular weight excluding hydrogens is 468 g/mol. The molecule has 1 atom stereocenters. The van der Waals surface area contributed by atoms with E-state index in [4.69, 9.17) is 0 Å². The smallest absolute Gasteiger partial charge is 0.439 e. The molecule has 1 saturated heterocycles. The van der Waals surface area contributed by atoms with E-state index in [0.29, 0.717) is 22.5 Å². The molecule has 1 aromatic carbocycles. The second-order valence-corrected chi connectivity index (χ2v) is 9.23. The van der Waals surface area contributed by atoms with Crippen LogP contribution >= 0.6 is 0 Å². The highest BCUT2D eigenvalue weighted by Gasteiger charge is 2.40. The second-order valence-electron chi connectivity index (χ2n) is 7.34. The maximum absolute atomic E-state index is 13.3. The fourth-order valence-corrected chi connectivity index (χ4v) is 5.21. The van der Waals surface area contributed by atoms with Crippen molar-refractivity contribution in [2.45, 2.75) is 10.9 Å². The lowest BCUT2D eigenvalue weighted by molar-refractivity contribution is -0.141. The third kappa shape index (κ3) is 3.86. The van der Waals surface area contributed by atoms with Crippen molar-refractivity contribution in [3.8, 4) is 11.4 Å². The predicted molar refractivity (Wildman–Crippen MR) is 115 cm³/mol. The molecule has 1 aliphatic rings. The van der Waals surface area contributed by atoms with Crippen molar-refractivity contribution in [2.75, 3.05) is 24.5 Å². The molecule has 0 unspecified atom stereocenters. The molecule has 0 spiro atoms. The second kappa shape index (κ2) is 8.27. The summed E-state index contributed by atoms with van der Waals surface area (Å²) in [7, 11) is -4.14. The van der Waals surface area contributed by atoms with Crippen LogP contribution in [0.3, 0.4) is 0 Å². The summed E-state index contributed by atoms with van der Waals surface area (Å²) < 4.78 is 32.0. The average molecular weight is 484 g/mol. The van der Waals surface area contributed by atoms with E-state index in [1.807, 2.05) is 0 Å².